The SMILES string of the molecule is Cc1ccc(-n2c(=S)[nH]c3cnccc32)c(Cl)c1. The van der Waals surface area contributed by atoms with Gasteiger partial charge in [-0.1, -0.05) is 17.7 Å². The van der Waals surface area contributed by atoms with Crippen LogP contribution in [0.15, 0.2) is 36.7 Å². The third-order valence-electron chi connectivity index (χ3n) is 2.83. The van der Waals surface area contributed by atoms with E-state index in [-0.39, 0.29) is 0 Å². The molecule has 0 atom stereocenters. The minimum absolute atomic E-state index is 0.615. The Balaban J connectivity index is 2.38. The van der Waals surface area contributed by atoms with Gasteiger partial charge in [0, 0.05) is 6.20 Å². The van der Waals surface area contributed by atoms with Crippen molar-refractivity contribution in [1.29, 1.82) is 0 Å². The standard InChI is InChI=1S/C13H10ClN3S/c1-8-2-3-11(9(14)6-8)17-12-4-5-15-7-10(12)16-13(17)18/h2-7H,1H3,(H,16,18). The molecule has 2 heterocycles. The van der Waals surface area contributed by atoms with Crippen LogP contribution in [0.4, 0.5) is 0 Å². The number of halogens is 1. The number of aromatic nitrogens is 3. The van der Waals surface area contributed by atoms with E-state index in [0.29, 0.717) is 9.79 Å². The molecule has 3 rings (SSSR count). The van der Waals surface area contributed by atoms with Crippen LogP contribution < -0.4 is 0 Å². The van der Waals surface area contributed by atoms with E-state index in [0.717, 1.165) is 22.3 Å². The van der Waals surface area contributed by atoms with Crippen LogP contribution in [-0.2, 0) is 0 Å². The van der Waals surface area contributed by atoms with E-state index in [1.165, 1.54) is 0 Å². The molecule has 2 aromatic heterocycles. The van der Waals surface area contributed by atoms with Crippen LogP contribution in [0, 0.1) is 11.7 Å². The number of aromatic amines is 1. The average molecular weight is 276 g/mol. The fourth-order valence-corrected chi connectivity index (χ4v) is 2.62. The van der Waals surface area contributed by atoms with Crippen molar-refractivity contribution < 1.29 is 0 Å². The zero-order chi connectivity index (χ0) is 12.7. The maximum absolute atomic E-state index is 6.30. The Kier molecular flexibility index (Phi) is 2.69. The summed E-state index contributed by atoms with van der Waals surface area (Å²) in [6.07, 6.45) is 3.49. The number of fused-ring (bicyclic) bond motifs is 1. The molecule has 5 heteroatoms. The minimum atomic E-state index is 0.615. The molecule has 0 saturated carbocycles. The van der Waals surface area contributed by atoms with Crippen LogP contribution in [0.1, 0.15) is 5.56 Å². The summed E-state index contributed by atoms with van der Waals surface area (Å²) in [5.41, 5.74) is 3.88. The first-order valence-electron chi connectivity index (χ1n) is 5.48. The van der Waals surface area contributed by atoms with Gasteiger partial charge in [0.05, 0.1) is 27.9 Å². The van der Waals surface area contributed by atoms with Crippen molar-refractivity contribution >= 4 is 34.9 Å². The maximum atomic E-state index is 6.30. The largest absolute Gasteiger partial charge is 0.329 e. The summed E-state index contributed by atoms with van der Waals surface area (Å²) < 4.78 is 2.54. The smallest absolute Gasteiger partial charge is 0.182 e. The number of rotatable bonds is 1. The van der Waals surface area contributed by atoms with Crippen LogP contribution in [-0.4, -0.2) is 14.5 Å². The summed E-state index contributed by atoms with van der Waals surface area (Å²) in [7, 11) is 0. The number of benzene rings is 1. The highest BCUT2D eigenvalue weighted by Gasteiger charge is 2.09. The molecule has 0 unspecified atom stereocenters. The first kappa shape index (κ1) is 11.4. The van der Waals surface area contributed by atoms with Crippen LogP contribution in [0.2, 0.25) is 5.02 Å². The summed E-state index contributed by atoms with van der Waals surface area (Å²) >= 11 is 11.6. The lowest BCUT2D eigenvalue weighted by molar-refractivity contribution is 1.06. The lowest BCUT2D eigenvalue weighted by Gasteiger charge is -2.07. The highest BCUT2D eigenvalue weighted by atomic mass is 35.5. The van der Waals surface area contributed by atoms with Gasteiger partial charge in [0.2, 0.25) is 0 Å². The van der Waals surface area contributed by atoms with Gasteiger partial charge in [0.1, 0.15) is 0 Å². The Labute approximate surface area is 114 Å². The summed E-state index contributed by atoms with van der Waals surface area (Å²) in [4.78, 5) is 7.20. The van der Waals surface area contributed by atoms with Crippen LogP contribution in [0.3, 0.4) is 0 Å². The molecule has 1 N–H and O–H groups in total. The molecule has 90 valence electrons. The number of pyridine rings is 1. The number of hydrogen-bond acceptors (Lipinski definition) is 2. The van der Waals surface area contributed by atoms with E-state index in [2.05, 4.69) is 9.97 Å². The Morgan fingerprint density at radius 1 is 1.33 bits per heavy atom. The monoisotopic (exact) mass is 275 g/mol. The highest BCUT2D eigenvalue weighted by Crippen LogP contribution is 2.25. The summed E-state index contributed by atoms with van der Waals surface area (Å²) in [6.45, 7) is 2.01. The van der Waals surface area contributed by atoms with Crippen LogP contribution in [0.25, 0.3) is 16.7 Å². The van der Waals surface area contributed by atoms with E-state index in [1.807, 2.05) is 35.8 Å². The first-order valence-corrected chi connectivity index (χ1v) is 6.27. The van der Waals surface area contributed by atoms with Crippen molar-refractivity contribution in [2.24, 2.45) is 0 Å². The van der Waals surface area contributed by atoms with E-state index >= 15 is 0 Å². The molecule has 3 nitrogen and oxygen atoms in total. The molecule has 0 aliphatic heterocycles. The number of aryl methyl sites for hydroxylation is 1. The molecule has 3 aromatic rings. The zero-order valence-electron chi connectivity index (χ0n) is 9.64. The predicted octanol–water partition coefficient (Wildman–Crippen LogP) is 4.04. The second-order valence-electron chi connectivity index (χ2n) is 4.11. The molecule has 0 fully saturated rings. The molecule has 0 aliphatic carbocycles. The van der Waals surface area contributed by atoms with Gasteiger partial charge in [-0.25, -0.2) is 0 Å². The topological polar surface area (TPSA) is 33.6 Å². The van der Waals surface area contributed by atoms with Gasteiger partial charge in [-0.2, -0.15) is 0 Å². The fraction of sp³-hybridized carbons (Fsp3) is 0.0769. The third kappa shape index (κ3) is 1.74. The second-order valence-corrected chi connectivity index (χ2v) is 4.91. The summed E-state index contributed by atoms with van der Waals surface area (Å²) in [5, 5.41) is 0.684. The fourth-order valence-electron chi connectivity index (χ4n) is 1.99. The van der Waals surface area contributed by atoms with E-state index in [4.69, 9.17) is 23.8 Å². The van der Waals surface area contributed by atoms with Gasteiger partial charge in [-0.05, 0) is 42.9 Å². The Morgan fingerprint density at radius 3 is 2.94 bits per heavy atom. The van der Waals surface area contributed by atoms with Gasteiger partial charge in [-0.3, -0.25) is 9.55 Å². The minimum Gasteiger partial charge on any atom is -0.329 e. The first-order chi connectivity index (χ1) is 8.66. The van der Waals surface area contributed by atoms with E-state index in [1.54, 1.807) is 12.4 Å². The normalized spacial score (nSPS) is 11.0. The van der Waals surface area contributed by atoms with E-state index in [9.17, 15) is 0 Å². The maximum Gasteiger partial charge on any atom is 0.182 e. The molecule has 0 radical (unpaired) electrons. The van der Waals surface area contributed by atoms with Crippen LogP contribution >= 0.6 is 23.8 Å². The molecule has 18 heavy (non-hydrogen) atoms. The molecular weight excluding hydrogens is 266 g/mol. The molecule has 0 aliphatic rings. The van der Waals surface area contributed by atoms with Gasteiger partial charge in [0.15, 0.2) is 4.77 Å². The third-order valence-corrected chi connectivity index (χ3v) is 3.42. The van der Waals surface area contributed by atoms with Crippen molar-refractivity contribution in [3.05, 3.63) is 52.0 Å². The second kappa shape index (κ2) is 4.23. The number of H-pyrrole nitrogens is 1. The van der Waals surface area contributed by atoms with Crippen LogP contribution in [0.5, 0.6) is 0 Å². The summed E-state index contributed by atoms with van der Waals surface area (Å²) in [5.74, 6) is 0. The Morgan fingerprint density at radius 2 is 2.17 bits per heavy atom. The number of imidazole rings is 1. The number of nitrogens with one attached hydrogen (secondary N) is 1. The highest BCUT2D eigenvalue weighted by molar-refractivity contribution is 7.71. The van der Waals surface area contributed by atoms with Gasteiger partial charge in [-0.15, -0.1) is 0 Å². The molecule has 0 spiro atoms. The van der Waals surface area contributed by atoms with Crippen molar-refractivity contribution in [1.82, 2.24) is 14.5 Å². The Bertz CT molecular complexity index is 788. The summed E-state index contributed by atoms with van der Waals surface area (Å²) in [6, 6.07) is 7.83. The Hall–Kier alpha value is -1.65. The van der Waals surface area contributed by atoms with E-state index < -0.39 is 0 Å². The molecule has 0 amide bonds. The van der Waals surface area contributed by atoms with Gasteiger partial charge >= 0.3 is 0 Å². The molecule has 1 aromatic carbocycles. The molecule has 0 bridgehead atoms. The van der Waals surface area contributed by atoms with Crippen molar-refractivity contribution in [3.63, 3.8) is 0 Å². The quantitative estimate of drug-likeness (QED) is 0.680. The number of nitrogens with zero attached hydrogens (tertiary/aromatic N) is 2. The lowest BCUT2D eigenvalue weighted by atomic mass is 10.2. The molecular formula is C13H10ClN3S. The van der Waals surface area contributed by atoms with Crippen molar-refractivity contribution in [2.45, 2.75) is 6.92 Å². The van der Waals surface area contributed by atoms with Crippen molar-refractivity contribution in [2.75, 3.05) is 0 Å². The molecule has 0 saturated heterocycles. The van der Waals surface area contributed by atoms with Crippen molar-refractivity contribution in [3.8, 4) is 5.69 Å². The van der Waals surface area contributed by atoms with Gasteiger partial charge < -0.3 is 4.98 Å². The van der Waals surface area contributed by atoms with Gasteiger partial charge in [0.25, 0.3) is 0 Å². The predicted molar refractivity (Wildman–Crippen MR) is 76.0 cm³/mol. The lowest BCUT2D eigenvalue weighted by Crippen LogP contribution is -1.95. The average Bonchev–Trinajstić information content (AvgIpc) is 2.66. The number of hydrogen-bond donors (Lipinski definition) is 1. The zero-order valence-corrected chi connectivity index (χ0v) is 11.2.